The topological polar surface area (TPSA) is 64.3 Å². The lowest BCUT2D eigenvalue weighted by molar-refractivity contribution is 0.1000. The van der Waals surface area contributed by atoms with Gasteiger partial charge in [-0.2, -0.15) is 0 Å². The summed E-state index contributed by atoms with van der Waals surface area (Å²) in [6.45, 7) is 0.701. The van der Waals surface area contributed by atoms with Gasteiger partial charge in [-0.1, -0.05) is 12.1 Å². The summed E-state index contributed by atoms with van der Waals surface area (Å²) in [6.07, 6.45) is 2.25. The number of fused-ring (bicyclic) bond motifs is 1. The zero-order valence-electron chi connectivity index (χ0n) is 13.7. The highest BCUT2D eigenvalue weighted by Gasteiger charge is 2.19. The summed E-state index contributed by atoms with van der Waals surface area (Å²) in [5.74, 6) is 1.63. The van der Waals surface area contributed by atoms with Crippen LogP contribution in [-0.4, -0.2) is 18.8 Å². The van der Waals surface area contributed by atoms with Gasteiger partial charge in [0.2, 0.25) is 5.91 Å². The first kappa shape index (κ1) is 16.9. The Morgan fingerprint density at radius 2 is 2.21 bits per heavy atom. The molecule has 2 aromatic rings. The Balaban J connectivity index is 1.78. The van der Waals surface area contributed by atoms with Crippen LogP contribution in [0.5, 0.6) is 5.75 Å². The minimum absolute atomic E-state index is 0.280. The maximum atomic E-state index is 11.3. The van der Waals surface area contributed by atoms with Gasteiger partial charge in [0, 0.05) is 23.0 Å². The first-order chi connectivity index (χ1) is 11.7. The third kappa shape index (κ3) is 3.91. The number of carbonyl (C=O) groups excluding carboxylic acids is 1. The Morgan fingerprint density at radius 1 is 1.33 bits per heavy atom. The second-order valence-electron chi connectivity index (χ2n) is 5.89. The normalized spacial score (nSPS) is 17.0. The van der Waals surface area contributed by atoms with Crippen molar-refractivity contribution in [3.05, 3.63) is 59.2 Å². The molecule has 2 aromatic carbocycles. The molecule has 1 amide bonds. The van der Waals surface area contributed by atoms with E-state index in [1.54, 1.807) is 13.2 Å². The van der Waals surface area contributed by atoms with Crippen LogP contribution in [0.1, 0.15) is 40.4 Å². The Morgan fingerprint density at radius 3 is 3.00 bits per heavy atom. The summed E-state index contributed by atoms with van der Waals surface area (Å²) in [5.41, 5.74) is 8.27. The molecule has 0 bridgehead atoms. The van der Waals surface area contributed by atoms with Crippen molar-refractivity contribution in [2.45, 2.75) is 30.3 Å². The number of nitrogens with one attached hydrogen (secondary N) is 1. The molecule has 0 spiro atoms. The number of hydrogen-bond acceptors (Lipinski definition) is 4. The number of rotatable bonds is 5. The maximum absolute atomic E-state index is 11.3. The van der Waals surface area contributed by atoms with Crippen LogP contribution >= 0.6 is 11.8 Å². The number of amides is 1. The first-order valence-corrected chi connectivity index (χ1v) is 9.09. The summed E-state index contributed by atoms with van der Waals surface area (Å²) in [5, 5.41) is 3.63. The van der Waals surface area contributed by atoms with Crippen LogP contribution in [0.2, 0.25) is 0 Å². The standard InChI is InChI=1S/C19H22N2O2S/c1-23-15-7-8-18-16(11-15)17(6-3-9-24-18)21-12-13-4-2-5-14(10-13)19(20)22/h2,4-5,7-8,10-11,17,21H,3,6,9,12H2,1H3,(H2,20,22)/t17-/m1/s1. The molecule has 1 heterocycles. The van der Waals surface area contributed by atoms with Gasteiger partial charge in [-0.15, -0.1) is 11.8 Å². The van der Waals surface area contributed by atoms with Crippen molar-refractivity contribution < 1.29 is 9.53 Å². The monoisotopic (exact) mass is 342 g/mol. The van der Waals surface area contributed by atoms with Gasteiger partial charge >= 0.3 is 0 Å². The summed E-state index contributed by atoms with van der Waals surface area (Å²) in [6, 6.07) is 14.1. The molecule has 3 N–H and O–H groups in total. The predicted molar refractivity (Wildman–Crippen MR) is 97.5 cm³/mol. The van der Waals surface area contributed by atoms with Gasteiger partial charge in [0.25, 0.3) is 0 Å². The minimum atomic E-state index is -0.391. The zero-order valence-corrected chi connectivity index (χ0v) is 14.6. The second kappa shape index (κ2) is 7.73. The fraction of sp³-hybridized carbons (Fsp3) is 0.316. The summed E-state index contributed by atoms with van der Waals surface area (Å²) < 4.78 is 5.39. The van der Waals surface area contributed by atoms with Crippen LogP contribution < -0.4 is 15.8 Å². The Bertz CT molecular complexity index is 733. The van der Waals surface area contributed by atoms with Gasteiger partial charge in [0.05, 0.1) is 7.11 Å². The second-order valence-corrected chi connectivity index (χ2v) is 7.03. The number of thioether (sulfide) groups is 1. The van der Waals surface area contributed by atoms with Crippen molar-refractivity contribution in [2.24, 2.45) is 5.73 Å². The molecule has 0 radical (unpaired) electrons. The van der Waals surface area contributed by atoms with Gasteiger partial charge in [-0.3, -0.25) is 4.79 Å². The molecule has 0 aliphatic carbocycles. The Hall–Kier alpha value is -1.98. The van der Waals surface area contributed by atoms with Crippen LogP contribution in [0.25, 0.3) is 0 Å². The maximum Gasteiger partial charge on any atom is 0.248 e. The molecule has 0 aromatic heterocycles. The first-order valence-electron chi connectivity index (χ1n) is 8.10. The molecule has 3 rings (SSSR count). The molecule has 0 saturated heterocycles. The van der Waals surface area contributed by atoms with Crippen molar-refractivity contribution in [2.75, 3.05) is 12.9 Å². The van der Waals surface area contributed by atoms with Crippen LogP contribution in [-0.2, 0) is 6.54 Å². The number of carbonyl (C=O) groups is 1. The molecule has 24 heavy (non-hydrogen) atoms. The average Bonchev–Trinajstić information content (AvgIpc) is 2.81. The van der Waals surface area contributed by atoms with E-state index >= 15 is 0 Å². The van der Waals surface area contributed by atoms with Gasteiger partial charge in [0.1, 0.15) is 5.75 Å². The molecule has 4 nitrogen and oxygen atoms in total. The lowest BCUT2D eigenvalue weighted by atomic mass is 10.0. The Labute approximate surface area is 146 Å². The number of benzene rings is 2. The smallest absolute Gasteiger partial charge is 0.248 e. The minimum Gasteiger partial charge on any atom is -0.497 e. The van der Waals surface area contributed by atoms with Crippen molar-refractivity contribution in [3.8, 4) is 5.75 Å². The molecule has 0 saturated carbocycles. The lowest BCUT2D eigenvalue weighted by Gasteiger charge is -2.20. The van der Waals surface area contributed by atoms with Crippen LogP contribution in [0.15, 0.2) is 47.4 Å². The van der Waals surface area contributed by atoms with Crippen LogP contribution in [0.3, 0.4) is 0 Å². The predicted octanol–water partition coefficient (Wildman–Crippen LogP) is 3.51. The van der Waals surface area contributed by atoms with Crippen LogP contribution in [0, 0.1) is 0 Å². The number of methoxy groups -OCH3 is 1. The van der Waals surface area contributed by atoms with E-state index in [1.165, 1.54) is 16.9 Å². The van der Waals surface area contributed by atoms with Crippen LogP contribution in [0.4, 0.5) is 0 Å². The number of hydrogen-bond donors (Lipinski definition) is 2. The van der Waals surface area contributed by atoms with E-state index in [0.29, 0.717) is 12.1 Å². The Kier molecular flexibility index (Phi) is 5.43. The van der Waals surface area contributed by atoms with E-state index in [9.17, 15) is 4.79 Å². The lowest BCUT2D eigenvalue weighted by Crippen LogP contribution is -2.21. The van der Waals surface area contributed by atoms with E-state index in [4.69, 9.17) is 10.5 Å². The third-order valence-corrected chi connectivity index (χ3v) is 5.43. The molecule has 1 aliphatic heterocycles. The van der Waals surface area contributed by atoms with Gasteiger partial charge < -0.3 is 15.8 Å². The van der Waals surface area contributed by atoms with E-state index in [1.807, 2.05) is 36.0 Å². The fourth-order valence-corrected chi connectivity index (χ4v) is 4.03. The number of nitrogens with two attached hydrogens (primary N) is 1. The van der Waals surface area contributed by atoms with Crippen molar-refractivity contribution in [1.29, 1.82) is 0 Å². The fourth-order valence-electron chi connectivity index (χ4n) is 2.97. The molecule has 126 valence electrons. The molecule has 5 heteroatoms. The molecule has 0 unspecified atom stereocenters. The molecule has 0 fully saturated rings. The van der Waals surface area contributed by atoms with Crippen molar-refractivity contribution in [1.82, 2.24) is 5.32 Å². The largest absolute Gasteiger partial charge is 0.497 e. The molecule has 1 aliphatic rings. The third-order valence-electron chi connectivity index (χ3n) is 4.25. The summed E-state index contributed by atoms with van der Waals surface area (Å²) in [7, 11) is 1.70. The SMILES string of the molecule is COc1ccc2c(c1)[C@H](NCc1cccc(C(N)=O)c1)CCCS2. The van der Waals surface area contributed by atoms with E-state index in [-0.39, 0.29) is 6.04 Å². The molecular weight excluding hydrogens is 320 g/mol. The van der Waals surface area contributed by atoms with E-state index in [0.717, 1.165) is 23.5 Å². The number of ether oxygens (including phenoxy) is 1. The van der Waals surface area contributed by atoms with Crippen molar-refractivity contribution >= 4 is 17.7 Å². The van der Waals surface area contributed by atoms with Crippen molar-refractivity contribution in [3.63, 3.8) is 0 Å². The number of primary amides is 1. The summed E-state index contributed by atoms with van der Waals surface area (Å²) in [4.78, 5) is 12.6. The average molecular weight is 342 g/mol. The molecule has 1 atom stereocenters. The van der Waals surface area contributed by atoms with Gasteiger partial charge in [-0.25, -0.2) is 0 Å². The van der Waals surface area contributed by atoms with E-state index < -0.39 is 5.91 Å². The highest BCUT2D eigenvalue weighted by molar-refractivity contribution is 7.99. The summed E-state index contributed by atoms with van der Waals surface area (Å²) >= 11 is 1.90. The molecular formula is C19H22N2O2S. The highest BCUT2D eigenvalue weighted by atomic mass is 32.2. The van der Waals surface area contributed by atoms with Gasteiger partial charge in [0.15, 0.2) is 0 Å². The van der Waals surface area contributed by atoms with E-state index in [2.05, 4.69) is 17.4 Å². The van der Waals surface area contributed by atoms with Gasteiger partial charge in [-0.05, 0) is 60.1 Å². The quantitative estimate of drug-likeness (QED) is 0.873. The zero-order chi connectivity index (χ0) is 16.9. The highest BCUT2D eigenvalue weighted by Crippen LogP contribution is 2.37.